The molecule has 0 aliphatic heterocycles. The topological polar surface area (TPSA) is 30.5 Å². The van der Waals surface area contributed by atoms with E-state index in [4.69, 9.17) is 17.3 Å². The van der Waals surface area contributed by atoms with Crippen molar-refractivity contribution in [1.82, 2.24) is 5.32 Å². The zero-order chi connectivity index (χ0) is 10.8. The molecule has 0 saturated heterocycles. The Morgan fingerprint density at radius 3 is 2.50 bits per heavy atom. The maximum absolute atomic E-state index is 5.51. The van der Waals surface area contributed by atoms with Gasteiger partial charge in [-0.2, -0.15) is 0 Å². The molecule has 2 radical (unpaired) electrons. The molecule has 0 heterocycles. The summed E-state index contributed by atoms with van der Waals surface area (Å²) in [6.07, 6.45) is 0.906. The molecule has 1 N–H and O–H groups in total. The molecule has 3 nitrogen and oxygen atoms in total. The van der Waals surface area contributed by atoms with E-state index in [2.05, 4.69) is 5.32 Å². The minimum atomic E-state index is 0.251. The summed E-state index contributed by atoms with van der Waals surface area (Å²) in [5.74, 6) is 0. The van der Waals surface area contributed by atoms with Crippen molar-refractivity contribution < 1.29 is 9.47 Å². The van der Waals surface area contributed by atoms with Gasteiger partial charge in [-0.25, -0.2) is 0 Å². The van der Waals surface area contributed by atoms with Crippen LogP contribution in [0.25, 0.3) is 0 Å². The molecule has 1 unspecified atom stereocenters. The van der Waals surface area contributed by atoms with E-state index in [9.17, 15) is 0 Å². The summed E-state index contributed by atoms with van der Waals surface area (Å²) < 4.78 is 10.9. The SMILES string of the molecule is [B]CCNC(COCC)COC(C)C. The quantitative estimate of drug-likeness (QED) is 0.562. The van der Waals surface area contributed by atoms with Crippen molar-refractivity contribution in [3.05, 3.63) is 0 Å². The van der Waals surface area contributed by atoms with Crippen LogP contribution in [0, 0.1) is 0 Å². The van der Waals surface area contributed by atoms with Gasteiger partial charge in [-0.3, -0.25) is 0 Å². The van der Waals surface area contributed by atoms with Gasteiger partial charge in [0.2, 0.25) is 0 Å². The number of nitrogens with one attached hydrogen (secondary N) is 1. The number of ether oxygens (including phenoxy) is 2. The number of hydrogen-bond donors (Lipinski definition) is 1. The molecule has 1 atom stereocenters. The van der Waals surface area contributed by atoms with E-state index in [1.165, 1.54) is 0 Å². The molecular formula is C10H22BNO2. The molecule has 0 rings (SSSR count). The molecular weight excluding hydrogens is 177 g/mol. The van der Waals surface area contributed by atoms with Crippen LogP contribution < -0.4 is 5.32 Å². The third kappa shape index (κ3) is 8.54. The first kappa shape index (κ1) is 13.9. The Bertz CT molecular complexity index is 115. The van der Waals surface area contributed by atoms with Crippen molar-refractivity contribution >= 4 is 7.85 Å². The Labute approximate surface area is 89.0 Å². The molecule has 0 aromatic heterocycles. The Morgan fingerprint density at radius 2 is 2.00 bits per heavy atom. The molecule has 4 heteroatoms. The fourth-order valence-electron chi connectivity index (χ4n) is 1.02. The summed E-state index contributed by atoms with van der Waals surface area (Å²) in [6.45, 7) is 8.95. The average molecular weight is 199 g/mol. The van der Waals surface area contributed by atoms with Crippen LogP contribution in [0.2, 0.25) is 6.32 Å². The average Bonchev–Trinajstić information content (AvgIpc) is 2.16. The van der Waals surface area contributed by atoms with Crippen LogP contribution in [0.5, 0.6) is 0 Å². The van der Waals surface area contributed by atoms with E-state index < -0.39 is 0 Å². The fraction of sp³-hybridized carbons (Fsp3) is 1.00. The van der Waals surface area contributed by atoms with E-state index in [-0.39, 0.29) is 12.1 Å². The minimum Gasteiger partial charge on any atom is -0.380 e. The monoisotopic (exact) mass is 199 g/mol. The standard InChI is InChI=1S/C10H22BNO2/c1-4-13-7-10(12-6-5-11)8-14-9(2)3/h9-10,12H,4-8H2,1-3H3. The first-order valence-electron chi connectivity index (χ1n) is 5.33. The van der Waals surface area contributed by atoms with Crippen LogP contribution in [0.1, 0.15) is 20.8 Å². The van der Waals surface area contributed by atoms with E-state index in [1.807, 2.05) is 20.8 Å². The molecule has 14 heavy (non-hydrogen) atoms. The maximum atomic E-state index is 5.51. The molecule has 0 amide bonds. The van der Waals surface area contributed by atoms with Crippen LogP contribution in [0.15, 0.2) is 0 Å². The van der Waals surface area contributed by atoms with Gasteiger partial charge in [0.1, 0.15) is 0 Å². The summed E-state index contributed by atoms with van der Waals surface area (Å²) >= 11 is 0. The molecule has 0 aromatic rings. The molecule has 82 valence electrons. The highest BCUT2D eigenvalue weighted by molar-refractivity contribution is 6.08. The van der Waals surface area contributed by atoms with Gasteiger partial charge < -0.3 is 14.8 Å². The number of rotatable bonds is 9. The van der Waals surface area contributed by atoms with Crippen molar-refractivity contribution in [2.45, 2.75) is 39.2 Å². The van der Waals surface area contributed by atoms with Crippen molar-refractivity contribution in [3.63, 3.8) is 0 Å². The van der Waals surface area contributed by atoms with Crippen molar-refractivity contribution in [2.24, 2.45) is 0 Å². The summed E-state index contributed by atoms with van der Waals surface area (Å²) in [5, 5.41) is 3.28. The molecule has 0 aliphatic rings. The van der Waals surface area contributed by atoms with E-state index in [0.29, 0.717) is 19.5 Å². The highest BCUT2D eigenvalue weighted by Crippen LogP contribution is 1.93. The highest BCUT2D eigenvalue weighted by atomic mass is 16.5. The van der Waals surface area contributed by atoms with E-state index in [0.717, 1.165) is 13.2 Å². The first-order valence-corrected chi connectivity index (χ1v) is 5.33. The first-order chi connectivity index (χ1) is 6.70. The molecule has 0 aliphatic carbocycles. The second-order valence-corrected chi connectivity index (χ2v) is 3.48. The molecule has 0 fully saturated rings. The lowest BCUT2D eigenvalue weighted by Crippen LogP contribution is -2.38. The summed E-state index contributed by atoms with van der Waals surface area (Å²) in [7, 11) is 5.42. The van der Waals surface area contributed by atoms with Crippen molar-refractivity contribution in [2.75, 3.05) is 26.4 Å². The van der Waals surface area contributed by atoms with Gasteiger partial charge in [0.15, 0.2) is 0 Å². The lowest BCUT2D eigenvalue weighted by Gasteiger charge is -2.19. The zero-order valence-corrected chi connectivity index (χ0v) is 9.58. The third-order valence-electron chi connectivity index (χ3n) is 1.73. The van der Waals surface area contributed by atoms with Gasteiger partial charge in [-0.05, 0) is 27.3 Å². The van der Waals surface area contributed by atoms with Crippen LogP contribution >= 0.6 is 0 Å². The summed E-state index contributed by atoms with van der Waals surface area (Å²) in [6, 6.07) is 0.251. The predicted octanol–water partition coefficient (Wildman–Crippen LogP) is 0.993. The number of hydrogen-bond acceptors (Lipinski definition) is 3. The smallest absolute Gasteiger partial charge is 0.0670 e. The summed E-state index contributed by atoms with van der Waals surface area (Å²) in [5.41, 5.74) is 0. The molecule has 0 saturated carbocycles. The third-order valence-corrected chi connectivity index (χ3v) is 1.73. The van der Waals surface area contributed by atoms with E-state index in [1.54, 1.807) is 0 Å². The summed E-state index contributed by atoms with van der Waals surface area (Å²) in [4.78, 5) is 0. The van der Waals surface area contributed by atoms with Gasteiger partial charge in [0.25, 0.3) is 0 Å². The van der Waals surface area contributed by atoms with Gasteiger partial charge >= 0.3 is 0 Å². The molecule has 0 spiro atoms. The van der Waals surface area contributed by atoms with Gasteiger partial charge in [0.05, 0.1) is 33.2 Å². The highest BCUT2D eigenvalue weighted by Gasteiger charge is 2.08. The van der Waals surface area contributed by atoms with Gasteiger partial charge in [0, 0.05) is 6.61 Å². The minimum absolute atomic E-state index is 0.251. The van der Waals surface area contributed by atoms with Crippen LogP contribution in [0.3, 0.4) is 0 Å². The molecule has 0 aromatic carbocycles. The Kier molecular flexibility index (Phi) is 9.46. The lowest BCUT2D eigenvalue weighted by molar-refractivity contribution is 0.0317. The van der Waals surface area contributed by atoms with E-state index >= 15 is 0 Å². The van der Waals surface area contributed by atoms with Crippen molar-refractivity contribution in [3.8, 4) is 0 Å². The molecule has 0 bridgehead atoms. The van der Waals surface area contributed by atoms with Gasteiger partial charge in [-0.1, -0.05) is 6.32 Å². The maximum Gasteiger partial charge on any atom is 0.0670 e. The van der Waals surface area contributed by atoms with Crippen molar-refractivity contribution in [1.29, 1.82) is 0 Å². The lowest BCUT2D eigenvalue weighted by atomic mass is 10.1. The Hall–Kier alpha value is -0.0551. The van der Waals surface area contributed by atoms with Gasteiger partial charge in [-0.15, -0.1) is 0 Å². The predicted molar refractivity (Wildman–Crippen MR) is 59.9 cm³/mol. The fourth-order valence-corrected chi connectivity index (χ4v) is 1.02. The second-order valence-electron chi connectivity index (χ2n) is 3.48. The van der Waals surface area contributed by atoms with Crippen LogP contribution in [0.4, 0.5) is 0 Å². The largest absolute Gasteiger partial charge is 0.380 e. The zero-order valence-electron chi connectivity index (χ0n) is 9.58. The second kappa shape index (κ2) is 9.50. The normalized spacial score (nSPS) is 13.4. The van der Waals surface area contributed by atoms with Crippen LogP contribution in [-0.4, -0.2) is 46.4 Å². The Balaban J connectivity index is 3.60. The Morgan fingerprint density at radius 1 is 1.29 bits per heavy atom. The van der Waals surface area contributed by atoms with Crippen LogP contribution in [-0.2, 0) is 9.47 Å².